The van der Waals surface area contributed by atoms with E-state index in [2.05, 4.69) is 17.2 Å². The predicted molar refractivity (Wildman–Crippen MR) is 86.9 cm³/mol. The first-order valence-electron chi connectivity index (χ1n) is 7.28. The second kappa shape index (κ2) is 6.75. The van der Waals surface area contributed by atoms with E-state index >= 15 is 0 Å². The van der Waals surface area contributed by atoms with Crippen LogP contribution in [0.5, 0.6) is 0 Å². The Bertz CT molecular complexity index is 547. The fourth-order valence-corrected chi connectivity index (χ4v) is 3.30. The van der Waals surface area contributed by atoms with Crippen LogP contribution in [0.3, 0.4) is 0 Å². The van der Waals surface area contributed by atoms with E-state index < -0.39 is 10.0 Å². The van der Waals surface area contributed by atoms with E-state index in [9.17, 15) is 8.42 Å². The van der Waals surface area contributed by atoms with Crippen LogP contribution in [0.4, 0.5) is 5.82 Å². The van der Waals surface area contributed by atoms with Gasteiger partial charge in [0.25, 0.3) is 0 Å². The lowest BCUT2D eigenvalue weighted by atomic mass is 9.88. The predicted octanol–water partition coefficient (Wildman–Crippen LogP) is 2.96. The van der Waals surface area contributed by atoms with Gasteiger partial charge in [-0.05, 0) is 30.9 Å². The molecule has 0 spiro atoms. The molecule has 1 aromatic heterocycles. The molecule has 0 bridgehead atoms. The van der Waals surface area contributed by atoms with Gasteiger partial charge in [-0.3, -0.25) is 0 Å². The van der Waals surface area contributed by atoms with Crippen molar-refractivity contribution in [2.75, 3.05) is 18.9 Å². The van der Waals surface area contributed by atoms with Gasteiger partial charge in [-0.2, -0.15) is 4.31 Å². The average molecular weight is 313 g/mol. The summed E-state index contributed by atoms with van der Waals surface area (Å²) in [6.45, 7) is 10.9. The molecule has 0 radical (unpaired) electrons. The van der Waals surface area contributed by atoms with Gasteiger partial charge in [-0.1, -0.05) is 27.7 Å². The van der Waals surface area contributed by atoms with Crippen LogP contribution in [0.1, 0.15) is 41.0 Å². The van der Waals surface area contributed by atoms with Crippen LogP contribution in [-0.4, -0.2) is 37.3 Å². The maximum atomic E-state index is 12.6. The second-order valence-corrected chi connectivity index (χ2v) is 8.37. The van der Waals surface area contributed by atoms with Gasteiger partial charge < -0.3 is 5.32 Å². The second-order valence-electron chi connectivity index (χ2n) is 6.37. The molecule has 0 aliphatic carbocycles. The quantitative estimate of drug-likeness (QED) is 0.877. The van der Waals surface area contributed by atoms with E-state index in [0.29, 0.717) is 5.82 Å². The number of sulfonamides is 1. The van der Waals surface area contributed by atoms with Gasteiger partial charge in [-0.25, -0.2) is 13.4 Å². The zero-order valence-electron chi connectivity index (χ0n) is 13.8. The molecule has 1 N–H and O–H groups in total. The standard InChI is InChI=1S/C15H27N3O2S/c1-7-10-16-14-9-8-13(11-17-14)21(19,20)18(6)12(2)15(3,4)5/h8-9,11-12H,7,10H2,1-6H3,(H,16,17). The van der Waals surface area contributed by atoms with Gasteiger partial charge in [0.2, 0.25) is 10.0 Å². The normalized spacial score (nSPS) is 14.2. The van der Waals surface area contributed by atoms with Crippen molar-refractivity contribution in [1.29, 1.82) is 0 Å². The zero-order valence-corrected chi connectivity index (χ0v) is 14.7. The number of anilines is 1. The monoisotopic (exact) mass is 313 g/mol. The summed E-state index contributed by atoms with van der Waals surface area (Å²) in [4.78, 5) is 4.39. The van der Waals surface area contributed by atoms with Crippen molar-refractivity contribution < 1.29 is 8.42 Å². The Kier molecular flexibility index (Phi) is 5.75. The number of pyridine rings is 1. The summed E-state index contributed by atoms with van der Waals surface area (Å²) >= 11 is 0. The molecule has 0 aliphatic heterocycles. The third-order valence-corrected chi connectivity index (χ3v) is 5.68. The van der Waals surface area contributed by atoms with Crippen molar-refractivity contribution in [2.24, 2.45) is 5.41 Å². The molecule has 0 aromatic carbocycles. The van der Waals surface area contributed by atoms with Crippen molar-refractivity contribution >= 4 is 15.8 Å². The fraction of sp³-hybridized carbons (Fsp3) is 0.667. The molecule has 21 heavy (non-hydrogen) atoms. The highest BCUT2D eigenvalue weighted by atomic mass is 32.2. The molecule has 0 saturated carbocycles. The average Bonchev–Trinajstić information content (AvgIpc) is 2.42. The van der Waals surface area contributed by atoms with Crippen LogP contribution >= 0.6 is 0 Å². The molecule has 1 unspecified atom stereocenters. The van der Waals surface area contributed by atoms with Gasteiger partial charge in [0.05, 0.1) is 0 Å². The molecule has 120 valence electrons. The van der Waals surface area contributed by atoms with E-state index in [-0.39, 0.29) is 16.4 Å². The maximum Gasteiger partial charge on any atom is 0.244 e. The summed E-state index contributed by atoms with van der Waals surface area (Å²) in [5.41, 5.74) is -0.127. The number of rotatable bonds is 6. The van der Waals surface area contributed by atoms with Crippen molar-refractivity contribution in [3.8, 4) is 0 Å². The summed E-state index contributed by atoms with van der Waals surface area (Å²) < 4.78 is 26.6. The van der Waals surface area contributed by atoms with Crippen molar-refractivity contribution in [1.82, 2.24) is 9.29 Å². The molecule has 0 amide bonds. The van der Waals surface area contributed by atoms with Crippen LogP contribution in [0.15, 0.2) is 23.2 Å². The Morgan fingerprint density at radius 1 is 1.33 bits per heavy atom. The van der Waals surface area contributed by atoms with Gasteiger partial charge in [-0.15, -0.1) is 0 Å². The largest absolute Gasteiger partial charge is 0.370 e. The van der Waals surface area contributed by atoms with Crippen LogP contribution in [0, 0.1) is 5.41 Å². The minimum Gasteiger partial charge on any atom is -0.370 e. The number of hydrogen-bond acceptors (Lipinski definition) is 4. The Morgan fingerprint density at radius 2 is 1.95 bits per heavy atom. The van der Waals surface area contributed by atoms with E-state index in [1.807, 2.05) is 27.7 Å². The minimum absolute atomic E-state index is 0.111. The SMILES string of the molecule is CCCNc1ccc(S(=O)(=O)N(C)C(C)C(C)(C)C)cn1. The van der Waals surface area contributed by atoms with Crippen molar-refractivity contribution in [2.45, 2.75) is 52.0 Å². The highest BCUT2D eigenvalue weighted by Crippen LogP contribution is 2.27. The summed E-state index contributed by atoms with van der Waals surface area (Å²) in [6, 6.07) is 3.20. The third kappa shape index (κ3) is 4.41. The molecule has 1 atom stereocenters. The Morgan fingerprint density at radius 3 is 2.38 bits per heavy atom. The van der Waals surface area contributed by atoms with Crippen LogP contribution in [-0.2, 0) is 10.0 Å². The summed E-state index contributed by atoms with van der Waals surface area (Å²) in [5, 5.41) is 3.13. The lowest BCUT2D eigenvalue weighted by molar-refractivity contribution is 0.216. The van der Waals surface area contributed by atoms with Crippen LogP contribution in [0.2, 0.25) is 0 Å². The summed E-state index contributed by atoms with van der Waals surface area (Å²) in [6.07, 6.45) is 2.41. The molecule has 0 fully saturated rings. The van der Waals surface area contributed by atoms with Crippen molar-refractivity contribution in [3.63, 3.8) is 0 Å². The molecule has 1 heterocycles. The lowest BCUT2D eigenvalue weighted by Crippen LogP contribution is -2.42. The molecular formula is C15H27N3O2S. The number of nitrogens with one attached hydrogen (secondary N) is 1. The van der Waals surface area contributed by atoms with E-state index in [1.165, 1.54) is 10.5 Å². The first-order valence-corrected chi connectivity index (χ1v) is 8.72. The molecule has 1 aromatic rings. The molecule has 0 aliphatic rings. The summed E-state index contributed by atoms with van der Waals surface area (Å²) in [7, 11) is -1.90. The highest BCUT2D eigenvalue weighted by molar-refractivity contribution is 7.89. The lowest BCUT2D eigenvalue weighted by Gasteiger charge is -2.34. The van der Waals surface area contributed by atoms with Crippen LogP contribution < -0.4 is 5.32 Å². The third-order valence-electron chi connectivity index (χ3n) is 3.77. The Hall–Kier alpha value is -1.14. The molecule has 5 nitrogen and oxygen atoms in total. The van der Waals surface area contributed by atoms with Gasteiger partial charge in [0.1, 0.15) is 10.7 Å². The van der Waals surface area contributed by atoms with Gasteiger partial charge >= 0.3 is 0 Å². The van der Waals surface area contributed by atoms with E-state index in [4.69, 9.17) is 0 Å². The summed E-state index contributed by atoms with van der Waals surface area (Å²) in [5.74, 6) is 0.697. The molecule has 0 saturated heterocycles. The van der Waals surface area contributed by atoms with E-state index in [0.717, 1.165) is 13.0 Å². The fourth-order valence-electron chi connectivity index (χ4n) is 1.81. The van der Waals surface area contributed by atoms with Crippen molar-refractivity contribution in [3.05, 3.63) is 18.3 Å². The van der Waals surface area contributed by atoms with E-state index in [1.54, 1.807) is 19.2 Å². The number of hydrogen-bond donors (Lipinski definition) is 1. The molecule has 6 heteroatoms. The highest BCUT2D eigenvalue weighted by Gasteiger charge is 2.32. The first kappa shape index (κ1) is 17.9. The molecular weight excluding hydrogens is 286 g/mol. The van der Waals surface area contributed by atoms with Crippen LogP contribution in [0.25, 0.3) is 0 Å². The number of aromatic nitrogens is 1. The smallest absolute Gasteiger partial charge is 0.244 e. The maximum absolute atomic E-state index is 12.6. The first-order chi connectivity index (χ1) is 9.60. The Balaban J connectivity index is 2.97. The molecule has 1 rings (SSSR count). The van der Waals surface area contributed by atoms with Gasteiger partial charge in [0, 0.05) is 25.8 Å². The minimum atomic E-state index is -3.52. The topological polar surface area (TPSA) is 62.3 Å². The van der Waals surface area contributed by atoms with Gasteiger partial charge in [0.15, 0.2) is 0 Å². The Labute approximate surface area is 128 Å². The number of nitrogens with zero attached hydrogens (tertiary/aromatic N) is 2. The zero-order chi connectivity index (χ0) is 16.3.